The first-order valence-electron chi connectivity index (χ1n) is 13.8. The summed E-state index contributed by atoms with van der Waals surface area (Å²) in [6.45, 7) is 11.9. The van der Waals surface area contributed by atoms with Gasteiger partial charge in [0.15, 0.2) is 0 Å². The molecule has 0 aliphatic carbocycles. The summed E-state index contributed by atoms with van der Waals surface area (Å²) in [6.07, 6.45) is 1.72. The predicted molar refractivity (Wildman–Crippen MR) is 153 cm³/mol. The van der Waals surface area contributed by atoms with Crippen LogP contribution in [0.5, 0.6) is 23.0 Å². The van der Waals surface area contributed by atoms with Gasteiger partial charge in [-0.15, -0.1) is 0 Å². The summed E-state index contributed by atoms with van der Waals surface area (Å²) in [5.74, 6) is 3.17. The Morgan fingerprint density at radius 2 is 1.74 bits per heavy atom. The van der Waals surface area contributed by atoms with Crippen LogP contribution in [0.3, 0.4) is 0 Å². The molecule has 3 atom stereocenters. The third kappa shape index (κ3) is 5.68. The van der Waals surface area contributed by atoms with Crippen LogP contribution in [0, 0.1) is 11.8 Å². The molecule has 2 aliphatic heterocycles. The molecule has 2 aliphatic rings. The lowest BCUT2D eigenvalue weighted by Crippen LogP contribution is -2.35. The topological polar surface area (TPSA) is 62.2 Å². The molecule has 200 valence electrons. The minimum absolute atomic E-state index is 0.210. The van der Waals surface area contributed by atoms with Gasteiger partial charge in [0.05, 0.1) is 0 Å². The number of likely N-dealkylation sites (tertiary alicyclic amines) is 1. The average Bonchev–Trinajstić information content (AvgIpc) is 3.33. The molecule has 38 heavy (non-hydrogen) atoms. The number of allylic oxidation sites excluding steroid dienone is 1. The maximum Gasteiger partial charge on any atom is 0.150 e. The first-order valence-corrected chi connectivity index (χ1v) is 13.8. The van der Waals surface area contributed by atoms with Gasteiger partial charge in [-0.1, -0.05) is 45.0 Å². The second-order valence-corrected chi connectivity index (χ2v) is 11.3. The van der Waals surface area contributed by atoms with Crippen molar-refractivity contribution in [2.75, 3.05) is 19.7 Å². The van der Waals surface area contributed by atoms with Crippen LogP contribution in [-0.2, 0) is 0 Å². The molecule has 3 aromatic rings. The molecule has 5 rings (SSSR count). The largest absolute Gasteiger partial charge is 0.508 e. The van der Waals surface area contributed by atoms with Gasteiger partial charge in [0.25, 0.3) is 0 Å². The van der Waals surface area contributed by atoms with E-state index in [1.807, 2.05) is 30.3 Å². The Balaban J connectivity index is 1.47. The van der Waals surface area contributed by atoms with Crippen LogP contribution in [-0.4, -0.2) is 40.9 Å². The fourth-order valence-electron chi connectivity index (χ4n) is 5.64. The van der Waals surface area contributed by atoms with Crippen molar-refractivity contribution in [3.8, 4) is 23.0 Å². The van der Waals surface area contributed by atoms with Crippen molar-refractivity contribution in [3.05, 3.63) is 83.4 Å². The number of benzene rings is 3. The van der Waals surface area contributed by atoms with Gasteiger partial charge in [0.1, 0.15) is 35.7 Å². The Labute approximate surface area is 226 Å². The Morgan fingerprint density at radius 3 is 2.42 bits per heavy atom. The van der Waals surface area contributed by atoms with E-state index in [0.717, 1.165) is 64.8 Å². The maximum absolute atomic E-state index is 10.3. The van der Waals surface area contributed by atoms with Crippen LogP contribution in [0.25, 0.3) is 11.1 Å². The van der Waals surface area contributed by atoms with E-state index in [9.17, 15) is 10.2 Å². The lowest BCUT2D eigenvalue weighted by molar-refractivity contribution is 0.169. The van der Waals surface area contributed by atoms with Crippen LogP contribution in [0.2, 0.25) is 0 Å². The number of phenolic OH excluding ortho intramolecular Hbond substituents is 2. The summed E-state index contributed by atoms with van der Waals surface area (Å²) in [5, 5.41) is 20.6. The molecule has 0 amide bonds. The summed E-state index contributed by atoms with van der Waals surface area (Å²) < 4.78 is 12.8. The molecule has 0 spiro atoms. The van der Waals surface area contributed by atoms with E-state index in [2.05, 4.69) is 44.7 Å². The molecule has 0 radical (unpaired) electrons. The van der Waals surface area contributed by atoms with E-state index < -0.39 is 0 Å². The molecule has 5 heteroatoms. The van der Waals surface area contributed by atoms with Crippen molar-refractivity contribution in [3.63, 3.8) is 0 Å². The Morgan fingerprint density at radius 1 is 0.974 bits per heavy atom. The molecule has 0 aromatic heterocycles. The zero-order chi connectivity index (χ0) is 26.8. The Kier molecular flexibility index (Phi) is 7.66. The molecule has 0 saturated carbocycles. The standard InChI is InChI=1S/C33H39NO4/c1-21(2)16-30-29-18-27(36)10-13-31(29)38-33(32(30)25-6-5-7-26(35)17-25)24-8-11-28(12-9-24)37-20-23(4)34-15-14-22(3)19-34/h5-13,17-18,21-23,33,35-36H,14-16,19-20H2,1-4H3/t22-,23+,33?/m1/s1. The summed E-state index contributed by atoms with van der Waals surface area (Å²) >= 11 is 0. The van der Waals surface area contributed by atoms with E-state index in [-0.39, 0.29) is 17.6 Å². The van der Waals surface area contributed by atoms with Gasteiger partial charge in [-0.05, 0) is 97.3 Å². The highest BCUT2D eigenvalue weighted by atomic mass is 16.5. The van der Waals surface area contributed by atoms with Crippen LogP contribution in [0.4, 0.5) is 0 Å². The Hall–Kier alpha value is -3.44. The maximum atomic E-state index is 10.3. The minimum Gasteiger partial charge on any atom is -0.508 e. The SMILES string of the molecule is CC(C)CC1=C(c2cccc(O)c2)C(c2ccc(OC[C@H](C)N3CC[C@@H](C)C3)cc2)Oc2ccc(O)cc21. The third-order valence-corrected chi connectivity index (χ3v) is 7.64. The molecule has 1 saturated heterocycles. The third-order valence-electron chi connectivity index (χ3n) is 7.64. The van der Waals surface area contributed by atoms with E-state index in [0.29, 0.717) is 18.6 Å². The van der Waals surface area contributed by atoms with Gasteiger partial charge in [0, 0.05) is 23.7 Å². The summed E-state index contributed by atoms with van der Waals surface area (Å²) in [6, 6.07) is 21.2. The van der Waals surface area contributed by atoms with Crippen LogP contribution in [0.1, 0.15) is 63.3 Å². The van der Waals surface area contributed by atoms with Crippen molar-refractivity contribution in [2.45, 2.75) is 52.7 Å². The van der Waals surface area contributed by atoms with Gasteiger partial charge < -0.3 is 19.7 Å². The second kappa shape index (κ2) is 11.1. The summed E-state index contributed by atoms with van der Waals surface area (Å²) in [5.41, 5.74) is 4.96. The highest BCUT2D eigenvalue weighted by Crippen LogP contribution is 2.49. The quantitative estimate of drug-likeness (QED) is 0.331. The monoisotopic (exact) mass is 513 g/mol. The van der Waals surface area contributed by atoms with Gasteiger partial charge in [-0.3, -0.25) is 4.90 Å². The highest BCUT2D eigenvalue weighted by Gasteiger charge is 2.32. The smallest absolute Gasteiger partial charge is 0.150 e. The van der Waals surface area contributed by atoms with Crippen LogP contribution < -0.4 is 9.47 Å². The van der Waals surface area contributed by atoms with Gasteiger partial charge in [-0.2, -0.15) is 0 Å². The van der Waals surface area contributed by atoms with E-state index in [1.165, 1.54) is 6.42 Å². The zero-order valence-corrected chi connectivity index (χ0v) is 22.9. The van der Waals surface area contributed by atoms with Crippen molar-refractivity contribution < 1.29 is 19.7 Å². The van der Waals surface area contributed by atoms with Crippen LogP contribution >= 0.6 is 0 Å². The van der Waals surface area contributed by atoms with E-state index in [4.69, 9.17) is 9.47 Å². The number of ether oxygens (including phenoxy) is 2. The number of hydrogen-bond donors (Lipinski definition) is 2. The molecule has 5 nitrogen and oxygen atoms in total. The molecule has 2 N–H and O–H groups in total. The number of hydrogen-bond acceptors (Lipinski definition) is 5. The van der Waals surface area contributed by atoms with Crippen molar-refractivity contribution in [1.82, 2.24) is 4.90 Å². The van der Waals surface area contributed by atoms with Crippen molar-refractivity contribution in [2.24, 2.45) is 11.8 Å². The lowest BCUT2D eigenvalue weighted by atomic mass is 9.82. The van der Waals surface area contributed by atoms with Crippen LogP contribution in [0.15, 0.2) is 66.7 Å². The lowest BCUT2D eigenvalue weighted by Gasteiger charge is -2.33. The van der Waals surface area contributed by atoms with Crippen molar-refractivity contribution in [1.29, 1.82) is 0 Å². The first-order chi connectivity index (χ1) is 18.3. The molecule has 1 unspecified atom stereocenters. The van der Waals surface area contributed by atoms with Gasteiger partial charge in [-0.25, -0.2) is 0 Å². The first kappa shape index (κ1) is 26.2. The average molecular weight is 514 g/mol. The molecule has 3 aromatic carbocycles. The Bertz CT molecular complexity index is 1300. The fourth-order valence-corrected chi connectivity index (χ4v) is 5.64. The van der Waals surface area contributed by atoms with Crippen molar-refractivity contribution >= 4 is 11.1 Å². The van der Waals surface area contributed by atoms with Gasteiger partial charge >= 0.3 is 0 Å². The molecule has 2 heterocycles. The minimum atomic E-state index is -0.360. The molecular formula is C33H39NO4. The number of rotatable bonds is 8. The molecule has 0 bridgehead atoms. The fraction of sp³-hybridized carbons (Fsp3) is 0.394. The van der Waals surface area contributed by atoms with Gasteiger partial charge in [0.2, 0.25) is 0 Å². The normalized spacial score (nSPS) is 20.3. The molecular weight excluding hydrogens is 474 g/mol. The number of aromatic hydroxyl groups is 2. The van der Waals surface area contributed by atoms with E-state index >= 15 is 0 Å². The summed E-state index contributed by atoms with van der Waals surface area (Å²) in [7, 11) is 0. The zero-order valence-electron chi connectivity index (χ0n) is 22.9. The summed E-state index contributed by atoms with van der Waals surface area (Å²) in [4.78, 5) is 2.51. The van der Waals surface area contributed by atoms with E-state index in [1.54, 1.807) is 24.3 Å². The second-order valence-electron chi connectivity index (χ2n) is 11.3. The predicted octanol–water partition coefficient (Wildman–Crippen LogP) is 7.30. The highest BCUT2D eigenvalue weighted by molar-refractivity contribution is 5.96. The molecule has 1 fully saturated rings. The number of nitrogens with zero attached hydrogens (tertiary/aromatic N) is 1. The number of fused-ring (bicyclic) bond motifs is 1. The number of phenols is 2.